The fourth-order valence-corrected chi connectivity index (χ4v) is 3.15. The van der Waals surface area contributed by atoms with Crippen LogP contribution in [0.4, 0.5) is 19.0 Å². The molecule has 1 aromatic heterocycles. The van der Waals surface area contributed by atoms with Crippen LogP contribution in [0.15, 0.2) is 29.1 Å². The molecule has 0 bridgehead atoms. The minimum atomic E-state index is -4.43. The van der Waals surface area contributed by atoms with Gasteiger partial charge in [0.25, 0.3) is 5.56 Å². The van der Waals surface area contributed by atoms with E-state index in [-0.39, 0.29) is 24.0 Å². The number of nitrogens with one attached hydrogen (secondary N) is 1. The van der Waals surface area contributed by atoms with Gasteiger partial charge < -0.3 is 20.9 Å². The number of benzene rings is 1. The zero-order valence-electron chi connectivity index (χ0n) is 13.6. The number of carboxylic acid groups (broad SMARTS) is 2. The first-order chi connectivity index (χ1) is 12.5. The summed E-state index contributed by atoms with van der Waals surface area (Å²) in [7, 11) is 0. The maximum atomic E-state index is 13.2. The number of rotatable bonds is 4. The van der Waals surface area contributed by atoms with Crippen LogP contribution in [0.1, 0.15) is 39.1 Å². The minimum absolute atomic E-state index is 0.00897. The number of halogens is 3. The minimum Gasteiger partial charge on any atom is -0.478 e. The molecule has 1 fully saturated rings. The lowest BCUT2D eigenvalue weighted by Gasteiger charge is -2.20. The van der Waals surface area contributed by atoms with Crippen LogP contribution in [0.3, 0.4) is 0 Å². The van der Waals surface area contributed by atoms with E-state index in [0.717, 1.165) is 24.3 Å². The van der Waals surface area contributed by atoms with E-state index in [2.05, 4.69) is 0 Å². The summed E-state index contributed by atoms with van der Waals surface area (Å²) in [4.78, 5) is 36.9. The van der Waals surface area contributed by atoms with Gasteiger partial charge in [0.15, 0.2) is 0 Å². The van der Waals surface area contributed by atoms with E-state index >= 15 is 0 Å². The molecule has 7 nitrogen and oxygen atoms in total. The Kier molecular flexibility index (Phi) is 4.01. The van der Waals surface area contributed by atoms with E-state index in [4.69, 9.17) is 5.73 Å². The molecule has 0 unspecified atom stereocenters. The topological polar surface area (TPSA) is 133 Å². The van der Waals surface area contributed by atoms with Gasteiger partial charge >= 0.3 is 18.1 Å². The second kappa shape index (κ2) is 5.86. The largest absolute Gasteiger partial charge is 0.478 e. The van der Waals surface area contributed by atoms with Crippen LogP contribution in [-0.4, -0.2) is 33.3 Å². The van der Waals surface area contributed by atoms with Gasteiger partial charge in [-0.15, -0.1) is 0 Å². The number of anilines is 1. The van der Waals surface area contributed by atoms with Crippen LogP contribution < -0.4 is 11.3 Å². The van der Waals surface area contributed by atoms with Crippen molar-refractivity contribution in [2.75, 3.05) is 5.73 Å². The van der Waals surface area contributed by atoms with Crippen molar-refractivity contribution in [2.24, 2.45) is 0 Å². The predicted octanol–water partition coefficient (Wildman–Crippen LogP) is 2.61. The zero-order chi connectivity index (χ0) is 20.1. The van der Waals surface area contributed by atoms with E-state index in [1.54, 1.807) is 0 Å². The van der Waals surface area contributed by atoms with Crippen molar-refractivity contribution in [2.45, 2.75) is 24.4 Å². The molecule has 0 radical (unpaired) electrons. The Morgan fingerprint density at radius 3 is 1.96 bits per heavy atom. The third kappa shape index (κ3) is 2.82. The standard InChI is InChI=1S/C17H13F3N2O5/c18-17(19,20)16(5-6-16)8-3-1-7(2-4-8)9-10(14(24)25)12(21)22-13(23)11(9)15(26)27/h1-4H,5-6H2,(H,24,25)(H,26,27)(H3,21,22,23). The Hall–Kier alpha value is -3.30. The molecule has 27 heavy (non-hydrogen) atoms. The highest BCUT2D eigenvalue weighted by molar-refractivity contribution is 6.07. The summed E-state index contributed by atoms with van der Waals surface area (Å²) in [6.45, 7) is 0. The van der Waals surface area contributed by atoms with Crippen molar-refractivity contribution < 1.29 is 33.0 Å². The molecule has 1 aromatic carbocycles. The molecule has 5 N–H and O–H groups in total. The second-order valence-electron chi connectivity index (χ2n) is 6.26. The van der Waals surface area contributed by atoms with Crippen LogP contribution in [0.25, 0.3) is 11.1 Å². The van der Waals surface area contributed by atoms with Crippen LogP contribution in [0, 0.1) is 0 Å². The quantitative estimate of drug-likeness (QED) is 0.642. The Bertz CT molecular complexity index is 1000. The molecular weight excluding hydrogens is 369 g/mol. The highest BCUT2D eigenvalue weighted by atomic mass is 19.4. The van der Waals surface area contributed by atoms with Gasteiger partial charge in [-0.2, -0.15) is 13.2 Å². The molecule has 0 spiro atoms. The molecule has 0 aliphatic heterocycles. The monoisotopic (exact) mass is 382 g/mol. The molecular formula is C17H13F3N2O5. The third-order valence-corrected chi connectivity index (χ3v) is 4.69. The number of pyridine rings is 1. The van der Waals surface area contributed by atoms with Gasteiger partial charge in [-0.25, -0.2) is 9.59 Å². The lowest BCUT2D eigenvalue weighted by Crippen LogP contribution is -2.28. The maximum Gasteiger partial charge on any atom is 0.398 e. The Balaban J connectivity index is 2.22. The zero-order valence-corrected chi connectivity index (χ0v) is 13.6. The number of H-pyrrole nitrogens is 1. The van der Waals surface area contributed by atoms with E-state index in [1.165, 1.54) is 0 Å². The Morgan fingerprint density at radius 2 is 1.56 bits per heavy atom. The van der Waals surface area contributed by atoms with Crippen molar-refractivity contribution in [3.05, 3.63) is 51.3 Å². The summed E-state index contributed by atoms with van der Waals surface area (Å²) in [6, 6.07) is 4.64. The van der Waals surface area contributed by atoms with Crippen LogP contribution in [0.2, 0.25) is 0 Å². The van der Waals surface area contributed by atoms with E-state index in [9.17, 15) is 37.8 Å². The summed E-state index contributed by atoms with van der Waals surface area (Å²) >= 11 is 0. The molecule has 1 aliphatic rings. The number of aromatic carboxylic acids is 2. The van der Waals surface area contributed by atoms with Crippen molar-refractivity contribution in [1.82, 2.24) is 4.98 Å². The smallest absolute Gasteiger partial charge is 0.398 e. The van der Waals surface area contributed by atoms with Gasteiger partial charge in [-0.05, 0) is 24.0 Å². The van der Waals surface area contributed by atoms with Crippen molar-refractivity contribution in [3.8, 4) is 11.1 Å². The van der Waals surface area contributed by atoms with Crippen molar-refractivity contribution in [1.29, 1.82) is 0 Å². The summed E-state index contributed by atoms with van der Waals surface area (Å²) in [5, 5.41) is 18.7. The molecule has 10 heteroatoms. The average molecular weight is 382 g/mol. The second-order valence-corrected chi connectivity index (χ2v) is 6.26. The normalized spacial score (nSPS) is 15.4. The highest BCUT2D eigenvalue weighted by Gasteiger charge is 2.64. The fourth-order valence-electron chi connectivity index (χ4n) is 3.15. The fraction of sp³-hybridized carbons (Fsp3) is 0.235. The number of hydrogen-bond donors (Lipinski definition) is 4. The molecule has 142 valence electrons. The number of aromatic nitrogens is 1. The molecule has 0 atom stereocenters. The first-order valence-corrected chi connectivity index (χ1v) is 7.69. The summed E-state index contributed by atoms with van der Waals surface area (Å²) in [5.74, 6) is -3.82. The molecule has 3 rings (SSSR count). The number of hydrogen-bond acceptors (Lipinski definition) is 4. The van der Waals surface area contributed by atoms with Gasteiger partial charge in [-0.1, -0.05) is 24.3 Å². The Morgan fingerprint density at radius 1 is 1.04 bits per heavy atom. The number of nitrogens with two attached hydrogens (primary N) is 1. The third-order valence-electron chi connectivity index (χ3n) is 4.69. The summed E-state index contributed by atoms with van der Waals surface area (Å²) in [5.41, 5.74) is 0.462. The van der Waals surface area contributed by atoms with Crippen molar-refractivity contribution >= 4 is 17.8 Å². The molecule has 1 saturated carbocycles. The van der Waals surface area contributed by atoms with Gasteiger partial charge in [0, 0.05) is 5.56 Å². The Labute approximate surface area is 149 Å². The number of nitrogen functional groups attached to an aromatic ring is 1. The molecule has 1 heterocycles. The summed E-state index contributed by atoms with van der Waals surface area (Å²) in [6.07, 6.45) is -4.55. The predicted molar refractivity (Wildman–Crippen MR) is 87.8 cm³/mol. The molecule has 2 aromatic rings. The lowest BCUT2D eigenvalue weighted by molar-refractivity contribution is -0.160. The van der Waals surface area contributed by atoms with Crippen molar-refractivity contribution in [3.63, 3.8) is 0 Å². The molecule has 0 saturated heterocycles. The van der Waals surface area contributed by atoms with Gasteiger partial charge in [-0.3, -0.25) is 4.79 Å². The highest BCUT2D eigenvalue weighted by Crippen LogP contribution is 2.59. The van der Waals surface area contributed by atoms with Gasteiger partial charge in [0.05, 0.1) is 5.41 Å². The van der Waals surface area contributed by atoms with E-state index < -0.39 is 51.6 Å². The maximum absolute atomic E-state index is 13.2. The van der Waals surface area contributed by atoms with Crippen LogP contribution >= 0.6 is 0 Å². The molecule has 0 amide bonds. The van der Waals surface area contributed by atoms with Crippen LogP contribution in [0.5, 0.6) is 0 Å². The number of carboxylic acids is 2. The average Bonchev–Trinajstić information content (AvgIpc) is 3.35. The SMILES string of the molecule is Nc1[nH]c(=O)c(C(=O)O)c(-c2ccc(C3(C(F)(F)F)CC3)cc2)c1C(=O)O. The lowest BCUT2D eigenvalue weighted by atomic mass is 9.90. The van der Waals surface area contributed by atoms with Gasteiger partial charge in [0.2, 0.25) is 0 Å². The van der Waals surface area contributed by atoms with Gasteiger partial charge in [0.1, 0.15) is 16.9 Å². The summed E-state index contributed by atoms with van der Waals surface area (Å²) < 4.78 is 39.7. The van der Waals surface area contributed by atoms with E-state index in [0.29, 0.717) is 0 Å². The first kappa shape index (κ1) is 18.5. The first-order valence-electron chi connectivity index (χ1n) is 7.69. The van der Waals surface area contributed by atoms with E-state index in [1.807, 2.05) is 4.98 Å². The number of carbonyl (C=O) groups is 2. The number of aromatic amines is 1. The number of alkyl halides is 3. The van der Waals surface area contributed by atoms with Crippen LogP contribution in [-0.2, 0) is 5.41 Å². The molecule has 1 aliphatic carbocycles.